The van der Waals surface area contributed by atoms with Gasteiger partial charge in [-0.15, -0.1) is 0 Å². The molecule has 146 valence electrons. The van der Waals surface area contributed by atoms with Gasteiger partial charge in [0.15, 0.2) is 0 Å². The van der Waals surface area contributed by atoms with Crippen molar-refractivity contribution in [3.8, 4) is 0 Å². The molecule has 1 aromatic carbocycles. The maximum atomic E-state index is 13.3. The van der Waals surface area contributed by atoms with E-state index in [1.165, 1.54) is 16.4 Å². The van der Waals surface area contributed by atoms with E-state index >= 15 is 0 Å². The van der Waals surface area contributed by atoms with Crippen LogP contribution >= 0.6 is 0 Å². The molecule has 2 saturated carbocycles. The Morgan fingerprint density at radius 2 is 2.00 bits per heavy atom. The van der Waals surface area contributed by atoms with Crippen molar-refractivity contribution in [3.05, 3.63) is 54.2 Å². The fraction of sp³-hybridized carbons (Fsp3) is 0.400. The fourth-order valence-electron chi connectivity index (χ4n) is 5.19. The van der Waals surface area contributed by atoms with Gasteiger partial charge in [-0.2, -0.15) is 4.31 Å². The smallest absolute Gasteiger partial charge is 0.256 e. The molecule has 1 aliphatic heterocycles. The lowest BCUT2D eigenvalue weighted by atomic mass is 9.88. The van der Waals surface area contributed by atoms with Crippen LogP contribution in [0.15, 0.2) is 53.6 Å². The van der Waals surface area contributed by atoms with Crippen LogP contribution in [0.4, 0.5) is 5.82 Å². The van der Waals surface area contributed by atoms with Gasteiger partial charge in [-0.3, -0.25) is 4.79 Å². The first-order valence-corrected chi connectivity index (χ1v) is 10.9. The number of carbonyl (C=O) groups excluding carboxylic acids is 1. The van der Waals surface area contributed by atoms with Gasteiger partial charge >= 0.3 is 0 Å². The van der Waals surface area contributed by atoms with Crippen molar-refractivity contribution in [2.24, 2.45) is 17.8 Å². The number of amides is 1. The Kier molecular flexibility index (Phi) is 4.04. The van der Waals surface area contributed by atoms with Crippen molar-refractivity contribution in [2.75, 3.05) is 11.9 Å². The molecule has 1 aromatic heterocycles. The number of nitrogens with zero attached hydrogens (tertiary/aromatic N) is 2. The fourth-order valence-corrected chi connectivity index (χ4v) is 6.98. The summed E-state index contributed by atoms with van der Waals surface area (Å²) >= 11 is 0. The normalized spacial score (nSPS) is 31.2. The summed E-state index contributed by atoms with van der Waals surface area (Å²) in [6, 6.07) is 10.9. The number of nitrogens with one attached hydrogen (secondary N) is 1. The first-order chi connectivity index (χ1) is 13.4. The highest BCUT2D eigenvalue weighted by atomic mass is 32.2. The van der Waals surface area contributed by atoms with E-state index in [1.54, 1.807) is 36.5 Å². The van der Waals surface area contributed by atoms with Crippen LogP contribution in [0.1, 0.15) is 23.2 Å². The third-order valence-electron chi connectivity index (χ3n) is 6.41. The van der Waals surface area contributed by atoms with Crippen LogP contribution in [-0.2, 0) is 10.0 Å². The average Bonchev–Trinajstić information content (AvgIpc) is 3.32. The Morgan fingerprint density at radius 3 is 2.75 bits per heavy atom. The highest BCUT2D eigenvalue weighted by Gasteiger charge is 2.61. The van der Waals surface area contributed by atoms with E-state index in [-0.39, 0.29) is 28.3 Å². The highest BCUT2D eigenvalue weighted by molar-refractivity contribution is 7.89. The molecule has 3 aliphatic rings. The van der Waals surface area contributed by atoms with Crippen LogP contribution in [0.5, 0.6) is 0 Å². The number of aliphatic hydroxyl groups is 1. The van der Waals surface area contributed by atoms with Gasteiger partial charge in [0.2, 0.25) is 10.0 Å². The third kappa shape index (κ3) is 2.67. The topological polar surface area (TPSA) is 99.6 Å². The number of sulfonamides is 1. The molecular weight excluding hydrogens is 378 g/mol. The number of fused-ring (bicyclic) bond motifs is 1. The van der Waals surface area contributed by atoms with E-state index in [0.717, 1.165) is 12.8 Å². The Balaban J connectivity index is 1.42. The molecule has 5 unspecified atom stereocenters. The van der Waals surface area contributed by atoms with E-state index in [2.05, 4.69) is 10.3 Å². The second kappa shape index (κ2) is 6.37. The van der Waals surface area contributed by atoms with Gasteiger partial charge in [0.25, 0.3) is 5.91 Å². The summed E-state index contributed by atoms with van der Waals surface area (Å²) in [5.74, 6) is 0.792. The predicted octanol–water partition coefficient (Wildman–Crippen LogP) is 1.72. The van der Waals surface area contributed by atoms with Crippen LogP contribution < -0.4 is 5.32 Å². The highest BCUT2D eigenvalue weighted by Crippen LogP contribution is 2.56. The Labute approximate surface area is 163 Å². The van der Waals surface area contributed by atoms with Crippen LogP contribution in [0, 0.1) is 17.8 Å². The Morgan fingerprint density at radius 1 is 1.14 bits per heavy atom. The summed E-state index contributed by atoms with van der Waals surface area (Å²) < 4.78 is 28.0. The minimum absolute atomic E-state index is 0.0816. The Hall–Kier alpha value is -2.29. The quantitative estimate of drug-likeness (QED) is 0.816. The van der Waals surface area contributed by atoms with E-state index in [4.69, 9.17) is 0 Å². The largest absolute Gasteiger partial charge is 0.391 e. The number of rotatable bonds is 4. The minimum atomic E-state index is -3.78. The van der Waals surface area contributed by atoms with Crippen molar-refractivity contribution in [1.29, 1.82) is 0 Å². The van der Waals surface area contributed by atoms with Gasteiger partial charge in [-0.1, -0.05) is 12.1 Å². The molecule has 1 saturated heterocycles. The second-order valence-electron chi connectivity index (χ2n) is 7.91. The zero-order valence-corrected chi connectivity index (χ0v) is 15.9. The minimum Gasteiger partial charge on any atom is -0.391 e. The lowest BCUT2D eigenvalue weighted by Crippen LogP contribution is -2.43. The zero-order chi connectivity index (χ0) is 19.5. The lowest BCUT2D eigenvalue weighted by Gasteiger charge is -2.28. The van der Waals surface area contributed by atoms with Crippen LogP contribution in [-0.4, -0.2) is 47.4 Å². The lowest BCUT2D eigenvalue weighted by molar-refractivity contribution is 0.0731. The van der Waals surface area contributed by atoms with E-state index in [9.17, 15) is 18.3 Å². The third-order valence-corrected chi connectivity index (χ3v) is 8.27. The number of aliphatic hydroxyl groups excluding tert-OH is 1. The van der Waals surface area contributed by atoms with Gasteiger partial charge < -0.3 is 10.4 Å². The summed E-state index contributed by atoms with van der Waals surface area (Å²) in [5.41, 5.74) is 0.249. The number of carbonyl (C=O) groups is 1. The van der Waals surface area contributed by atoms with E-state index < -0.39 is 22.0 Å². The molecule has 2 N–H and O–H groups in total. The average molecular weight is 399 g/mol. The SMILES string of the molecule is O=C(Nc1ccccn1)c1cccc(S(=O)(=O)N2CC3CC4CC3C2C4O)c1. The van der Waals surface area contributed by atoms with Crippen molar-refractivity contribution in [2.45, 2.75) is 29.9 Å². The summed E-state index contributed by atoms with van der Waals surface area (Å²) in [7, 11) is -3.78. The molecule has 2 aromatic rings. The van der Waals surface area contributed by atoms with Crippen molar-refractivity contribution in [3.63, 3.8) is 0 Å². The summed E-state index contributed by atoms with van der Waals surface area (Å²) in [4.78, 5) is 16.6. The summed E-state index contributed by atoms with van der Waals surface area (Å²) in [6.45, 7) is 0.454. The number of pyridine rings is 1. The summed E-state index contributed by atoms with van der Waals surface area (Å²) in [6.07, 6.45) is 2.79. The molecule has 0 radical (unpaired) electrons. The molecule has 7 nitrogen and oxygen atoms in total. The van der Waals surface area contributed by atoms with E-state index in [0.29, 0.717) is 18.3 Å². The molecule has 0 spiro atoms. The van der Waals surface area contributed by atoms with Crippen LogP contribution in [0.2, 0.25) is 0 Å². The molecule has 28 heavy (non-hydrogen) atoms. The molecule has 5 rings (SSSR count). The maximum Gasteiger partial charge on any atom is 0.256 e. The van der Waals surface area contributed by atoms with Crippen molar-refractivity contribution in [1.82, 2.24) is 9.29 Å². The first-order valence-electron chi connectivity index (χ1n) is 9.47. The van der Waals surface area contributed by atoms with Gasteiger partial charge in [0, 0.05) is 18.3 Å². The molecule has 5 atom stereocenters. The molecule has 2 bridgehead atoms. The van der Waals surface area contributed by atoms with Crippen LogP contribution in [0.25, 0.3) is 0 Å². The number of hydrogen-bond acceptors (Lipinski definition) is 5. The molecule has 3 fully saturated rings. The molecule has 1 amide bonds. The summed E-state index contributed by atoms with van der Waals surface area (Å²) in [5, 5.41) is 13.2. The van der Waals surface area contributed by atoms with Crippen molar-refractivity contribution >= 4 is 21.7 Å². The predicted molar refractivity (Wildman–Crippen MR) is 102 cm³/mol. The monoisotopic (exact) mass is 399 g/mol. The first kappa shape index (κ1) is 17.8. The number of anilines is 1. The molecule has 8 heteroatoms. The van der Waals surface area contributed by atoms with Gasteiger partial charge in [0.1, 0.15) is 5.82 Å². The molecule has 2 aliphatic carbocycles. The van der Waals surface area contributed by atoms with Gasteiger partial charge in [0.05, 0.1) is 17.0 Å². The molecular formula is C20H21N3O4S. The Bertz CT molecular complexity index is 1020. The van der Waals surface area contributed by atoms with E-state index in [1.807, 2.05) is 0 Å². The van der Waals surface area contributed by atoms with Crippen molar-refractivity contribution < 1.29 is 18.3 Å². The molecule has 2 heterocycles. The van der Waals surface area contributed by atoms with Gasteiger partial charge in [-0.05, 0) is 60.9 Å². The maximum absolute atomic E-state index is 13.3. The second-order valence-corrected chi connectivity index (χ2v) is 9.80. The standard InChI is InChI=1S/C20H21N3O4S/c24-19-13-8-14-11-23(18(19)16(14)10-13)28(26,27)15-5-3-4-12(9-15)20(25)22-17-6-1-2-7-21-17/h1-7,9,13-14,16,18-19,24H,8,10-11H2,(H,21,22,25). The number of aromatic nitrogens is 1. The number of benzene rings is 1. The van der Waals surface area contributed by atoms with Crippen LogP contribution in [0.3, 0.4) is 0 Å². The zero-order valence-electron chi connectivity index (χ0n) is 15.1. The number of hydrogen-bond donors (Lipinski definition) is 2. The van der Waals surface area contributed by atoms with Gasteiger partial charge in [-0.25, -0.2) is 13.4 Å².